The molecule has 1 aliphatic heterocycles. The molecule has 3 aliphatic rings. The van der Waals surface area contributed by atoms with Gasteiger partial charge in [-0.1, -0.05) is 17.7 Å². The molecule has 1 heterocycles. The van der Waals surface area contributed by atoms with Gasteiger partial charge in [-0.2, -0.15) is 0 Å². The van der Waals surface area contributed by atoms with Crippen LogP contribution in [0.4, 0.5) is 5.69 Å². The van der Waals surface area contributed by atoms with Crippen molar-refractivity contribution in [2.24, 2.45) is 23.7 Å². The fourth-order valence-corrected chi connectivity index (χ4v) is 5.28. The lowest BCUT2D eigenvalue weighted by Crippen LogP contribution is -2.45. The van der Waals surface area contributed by atoms with Gasteiger partial charge in [0.05, 0.1) is 11.8 Å². The summed E-state index contributed by atoms with van der Waals surface area (Å²) in [6.07, 6.45) is 2.88. The van der Waals surface area contributed by atoms with Gasteiger partial charge < -0.3 is 10.1 Å². The second-order valence-electron chi connectivity index (χ2n) is 8.18. The lowest BCUT2D eigenvalue weighted by Gasteiger charge is -2.23. The van der Waals surface area contributed by atoms with E-state index in [1.54, 1.807) is 25.1 Å². The second-order valence-corrected chi connectivity index (χ2v) is 8.58. The summed E-state index contributed by atoms with van der Waals surface area (Å²) in [4.78, 5) is 51.2. The van der Waals surface area contributed by atoms with Crippen molar-refractivity contribution >= 4 is 41.0 Å². The molecule has 1 aromatic rings. The summed E-state index contributed by atoms with van der Waals surface area (Å²) >= 11 is 6.03. The minimum Gasteiger partial charge on any atom is -0.454 e. The van der Waals surface area contributed by atoms with E-state index in [1.807, 2.05) is 0 Å². The van der Waals surface area contributed by atoms with Crippen LogP contribution < -0.4 is 5.32 Å². The first kappa shape index (κ1) is 19.9. The normalized spacial score (nSPS) is 28.4. The predicted molar refractivity (Wildman–Crippen MR) is 105 cm³/mol. The molecule has 3 amide bonds. The highest BCUT2D eigenvalue weighted by Gasteiger charge is 2.62. The number of rotatable bonds is 5. The van der Waals surface area contributed by atoms with E-state index in [-0.39, 0.29) is 35.5 Å². The van der Waals surface area contributed by atoms with Gasteiger partial charge in [0.25, 0.3) is 5.91 Å². The van der Waals surface area contributed by atoms with Gasteiger partial charge in [0.1, 0.15) is 6.04 Å². The van der Waals surface area contributed by atoms with Crippen LogP contribution in [0.1, 0.15) is 31.7 Å². The van der Waals surface area contributed by atoms with E-state index < -0.39 is 24.5 Å². The summed E-state index contributed by atoms with van der Waals surface area (Å²) in [5.74, 6) is -1.90. The number of hydrogen-bond acceptors (Lipinski definition) is 5. The Labute approximate surface area is 173 Å². The van der Waals surface area contributed by atoms with Gasteiger partial charge in [-0.3, -0.25) is 19.3 Å². The van der Waals surface area contributed by atoms with Gasteiger partial charge >= 0.3 is 5.97 Å². The number of anilines is 1. The van der Waals surface area contributed by atoms with E-state index in [9.17, 15) is 19.2 Å². The summed E-state index contributed by atoms with van der Waals surface area (Å²) < 4.78 is 5.08. The number of carbonyl (C=O) groups excluding carboxylic acids is 4. The van der Waals surface area contributed by atoms with E-state index in [2.05, 4.69) is 5.32 Å². The Morgan fingerprint density at radius 2 is 1.83 bits per heavy atom. The topological polar surface area (TPSA) is 92.8 Å². The molecule has 2 aliphatic carbocycles. The van der Waals surface area contributed by atoms with Gasteiger partial charge in [-0.25, -0.2) is 4.79 Å². The number of nitrogens with zero attached hydrogens (tertiary/aromatic N) is 1. The Morgan fingerprint density at radius 1 is 1.21 bits per heavy atom. The molecule has 29 heavy (non-hydrogen) atoms. The summed E-state index contributed by atoms with van der Waals surface area (Å²) in [7, 11) is 0. The van der Waals surface area contributed by atoms with Crippen LogP contribution in [0.2, 0.25) is 5.02 Å². The number of benzene rings is 1. The Hall–Kier alpha value is -2.41. The first-order chi connectivity index (χ1) is 13.8. The highest BCUT2D eigenvalue weighted by atomic mass is 35.5. The number of nitrogens with one attached hydrogen (secondary N) is 1. The van der Waals surface area contributed by atoms with Crippen molar-refractivity contribution in [3.05, 3.63) is 28.8 Å². The lowest BCUT2D eigenvalue weighted by molar-refractivity contribution is -0.159. The molecule has 1 N–H and O–H groups in total. The molecular formula is C21H23ClN2O5. The van der Waals surface area contributed by atoms with E-state index >= 15 is 0 Å². The number of fused-ring (bicyclic) bond motifs is 5. The Kier molecular flexibility index (Phi) is 5.11. The highest BCUT2D eigenvalue weighted by molar-refractivity contribution is 6.31. The van der Waals surface area contributed by atoms with Crippen LogP contribution in [0, 0.1) is 30.6 Å². The van der Waals surface area contributed by atoms with Crippen molar-refractivity contribution in [1.29, 1.82) is 0 Å². The van der Waals surface area contributed by atoms with Crippen LogP contribution in [0.5, 0.6) is 0 Å². The number of esters is 1. The third-order valence-electron chi connectivity index (χ3n) is 6.58. The number of ether oxygens (including phenoxy) is 1. The number of hydrogen-bond donors (Lipinski definition) is 1. The molecule has 0 radical (unpaired) electrons. The molecule has 2 bridgehead atoms. The Morgan fingerprint density at radius 3 is 2.45 bits per heavy atom. The second kappa shape index (κ2) is 7.44. The molecule has 8 heteroatoms. The first-order valence-corrected chi connectivity index (χ1v) is 10.3. The Bertz CT molecular complexity index is 873. The smallest absolute Gasteiger partial charge is 0.329 e. The van der Waals surface area contributed by atoms with Crippen molar-refractivity contribution in [1.82, 2.24) is 4.90 Å². The van der Waals surface area contributed by atoms with Crippen molar-refractivity contribution in [2.45, 2.75) is 39.2 Å². The highest BCUT2D eigenvalue weighted by Crippen LogP contribution is 2.56. The number of likely N-dealkylation sites (tertiary alicyclic amines) is 1. The van der Waals surface area contributed by atoms with E-state index in [4.69, 9.17) is 16.3 Å². The zero-order chi connectivity index (χ0) is 20.9. The SMILES string of the molecule is Cc1c(Cl)cccc1NC(=O)COC(=O)[C@@H](C)N1C(=O)[C@@H]2[C@@H]3CC[C@H](C3)[C@@H]2C1=O. The molecule has 5 atom stereocenters. The Balaban J connectivity index is 1.35. The summed E-state index contributed by atoms with van der Waals surface area (Å²) in [5, 5.41) is 3.15. The quantitative estimate of drug-likeness (QED) is 0.586. The zero-order valence-electron chi connectivity index (χ0n) is 16.3. The van der Waals surface area contributed by atoms with E-state index in [1.165, 1.54) is 6.92 Å². The number of carbonyl (C=O) groups is 4. The summed E-state index contributed by atoms with van der Waals surface area (Å²) in [6.45, 7) is 2.73. The van der Waals surface area contributed by atoms with Crippen LogP contribution in [0.25, 0.3) is 0 Å². The third-order valence-corrected chi connectivity index (χ3v) is 6.99. The summed E-state index contributed by atoms with van der Waals surface area (Å²) in [6, 6.07) is 4.06. The van der Waals surface area contributed by atoms with Gasteiger partial charge in [-0.05, 0) is 62.6 Å². The van der Waals surface area contributed by atoms with Crippen LogP contribution in [0.3, 0.4) is 0 Å². The van der Waals surface area contributed by atoms with E-state index in [0.717, 1.165) is 24.2 Å². The van der Waals surface area contributed by atoms with Crippen LogP contribution in [-0.4, -0.2) is 41.2 Å². The van der Waals surface area contributed by atoms with Crippen molar-refractivity contribution in [3.63, 3.8) is 0 Å². The molecule has 1 saturated heterocycles. The molecule has 3 fully saturated rings. The third kappa shape index (κ3) is 3.31. The van der Waals surface area contributed by atoms with Gasteiger partial charge in [0, 0.05) is 10.7 Å². The van der Waals surface area contributed by atoms with E-state index in [0.29, 0.717) is 16.3 Å². The summed E-state index contributed by atoms with van der Waals surface area (Å²) in [5.41, 5.74) is 1.23. The molecule has 0 aromatic heterocycles. The molecule has 2 saturated carbocycles. The fourth-order valence-electron chi connectivity index (χ4n) is 5.11. The largest absolute Gasteiger partial charge is 0.454 e. The minimum absolute atomic E-state index is 0.251. The molecular weight excluding hydrogens is 396 g/mol. The average Bonchev–Trinajstić information content (AvgIpc) is 3.37. The van der Waals surface area contributed by atoms with Gasteiger partial charge in [-0.15, -0.1) is 0 Å². The van der Waals surface area contributed by atoms with Crippen molar-refractivity contribution in [3.8, 4) is 0 Å². The number of amides is 3. The molecule has 0 spiro atoms. The van der Waals surface area contributed by atoms with Crippen molar-refractivity contribution in [2.75, 3.05) is 11.9 Å². The van der Waals surface area contributed by atoms with Gasteiger partial charge in [0.2, 0.25) is 11.8 Å². The predicted octanol–water partition coefficient (Wildman–Crippen LogP) is 2.55. The molecule has 0 unspecified atom stereocenters. The zero-order valence-corrected chi connectivity index (χ0v) is 17.1. The first-order valence-electron chi connectivity index (χ1n) is 9.88. The standard InChI is InChI=1S/C21H23ClN2O5/c1-10-14(22)4-3-5-15(10)23-16(25)9-29-21(28)11(2)24-19(26)17-12-6-7-13(8-12)18(17)20(24)27/h3-5,11-13,17-18H,6-9H2,1-2H3,(H,23,25)/t11-,12-,13-,17-,18+/m1/s1. The molecule has 1 aromatic carbocycles. The van der Waals surface area contributed by atoms with Crippen LogP contribution in [-0.2, 0) is 23.9 Å². The van der Waals surface area contributed by atoms with Gasteiger partial charge in [0.15, 0.2) is 6.61 Å². The lowest BCUT2D eigenvalue weighted by atomic mass is 9.81. The fraction of sp³-hybridized carbons (Fsp3) is 0.524. The monoisotopic (exact) mass is 418 g/mol. The molecule has 154 valence electrons. The number of imide groups is 1. The maximum atomic E-state index is 12.8. The molecule has 4 rings (SSSR count). The van der Waals surface area contributed by atoms with Crippen LogP contribution in [0.15, 0.2) is 18.2 Å². The number of halogens is 1. The van der Waals surface area contributed by atoms with Crippen molar-refractivity contribution < 1.29 is 23.9 Å². The van der Waals surface area contributed by atoms with Crippen LogP contribution >= 0.6 is 11.6 Å². The molecule has 7 nitrogen and oxygen atoms in total. The average molecular weight is 419 g/mol. The maximum absolute atomic E-state index is 12.8. The minimum atomic E-state index is -1.04. The maximum Gasteiger partial charge on any atom is 0.329 e.